The molecule has 0 aliphatic rings. The Balaban J connectivity index is 1.62. The molecule has 2 N–H and O–H groups in total. The van der Waals surface area contributed by atoms with Crippen LogP contribution in [-0.4, -0.2) is 28.7 Å². The second-order valence-electron chi connectivity index (χ2n) is 4.77. The average molecular weight is 439 g/mol. The van der Waals surface area contributed by atoms with Gasteiger partial charge in [0, 0.05) is 15.3 Å². The number of carbonyl (C=O) groups is 1. The molecule has 1 aromatic heterocycles. The summed E-state index contributed by atoms with van der Waals surface area (Å²) in [7, 11) is 1.63. The minimum Gasteiger partial charge on any atom is -0.497 e. The molecule has 1 amide bonds. The molecule has 0 aliphatic carbocycles. The van der Waals surface area contributed by atoms with Crippen LogP contribution in [0.25, 0.3) is 11.0 Å². The van der Waals surface area contributed by atoms with Gasteiger partial charge in [0.05, 0.1) is 23.9 Å². The standard InChI is InChI=1S/C16H14IN3O2S/c1-22-12-5-6-13-14(8-12)20-16(19-13)23-9-15(21)18-11-4-2-3-10(17)7-11/h2-8H,9H2,1H3,(H,18,21)(H,19,20). The van der Waals surface area contributed by atoms with Gasteiger partial charge in [-0.2, -0.15) is 0 Å². The van der Waals surface area contributed by atoms with Gasteiger partial charge in [0.1, 0.15) is 5.75 Å². The SMILES string of the molecule is COc1ccc2nc(SCC(=O)Nc3cccc(I)c3)[nH]c2c1. The van der Waals surface area contributed by atoms with Gasteiger partial charge in [0.2, 0.25) is 5.91 Å². The summed E-state index contributed by atoms with van der Waals surface area (Å²) in [5.74, 6) is 1.01. The maximum atomic E-state index is 12.0. The molecule has 0 aliphatic heterocycles. The van der Waals surface area contributed by atoms with Crippen molar-refractivity contribution in [1.29, 1.82) is 0 Å². The van der Waals surface area contributed by atoms with Crippen LogP contribution in [0.4, 0.5) is 5.69 Å². The van der Waals surface area contributed by atoms with Crippen molar-refractivity contribution in [2.75, 3.05) is 18.2 Å². The molecule has 3 rings (SSSR count). The summed E-state index contributed by atoms with van der Waals surface area (Å²) < 4.78 is 6.27. The molecule has 0 atom stereocenters. The number of nitrogens with zero attached hydrogens (tertiary/aromatic N) is 1. The number of fused-ring (bicyclic) bond motifs is 1. The number of H-pyrrole nitrogens is 1. The van der Waals surface area contributed by atoms with E-state index in [1.807, 2.05) is 42.5 Å². The number of benzene rings is 2. The van der Waals surface area contributed by atoms with Gasteiger partial charge in [0.15, 0.2) is 5.16 Å². The summed E-state index contributed by atoms with van der Waals surface area (Å²) in [6.07, 6.45) is 0. The van der Waals surface area contributed by atoms with Crippen molar-refractivity contribution in [3.63, 3.8) is 0 Å². The highest BCUT2D eigenvalue weighted by Crippen LogP contribution is 2.23. The predicted molar refractivity (Wildman–Crippen MR) is 101 cm³/mol. The molecule has 0 fully saturated rings. The van der Waals surface area contributed by atoms with E-state index < -0.39 is 0 Å². The molecule has 0 saturated carbocycles. The second kappa shape index (κ2) is 7.22. The van der Waals surface area contributed by atoms with Gasteiger partial charge in [-0.05, 0) is 52.9 Å². The second-order valence-corrected chi connectivity index (χ2v) is 6.98. The molecule has 0 spiro atoms. The minimum absolute atomic E-state index is 0.0602. The zero-order valence-electron chi connectivity index (χ0n) is 12.3. The van der Waals surface area contributed by atoms with Crippen LogP contribution in [0, 0.1) is 3.57 Å². The number of thioether (sulfide) groups is 1. The third-order valence-corrected chi connectivity index (χ3v) is 4.66. The van der Waals surface area contributed by atoms with E-state index in [0.717, 1.165) is 26.0 Å². The number of hydrogen-bond acceptors (Lipinski definition) is 4. The van der Waals surface area contributed by atoms with Crippen molar-refractivity contribution < 1.29 is 9.53 Å². The van der Waals surface area contributed by atoms with Crippen LogP contribution >= 0.6 is 34.4 Å². The number of ether oxygens (including phenoxy) is 1. The summed E-state index contributed by atoms with van der Waals surface area (Å²) in [6, 6.07) is 13.3. The number of carbonyl (C=O) groups excluding carboxylic acids is 1. The Kier molecular flexibility index (Phi) is 5.06. The van der Waals surface area contributed by atoms with E-state index in [1.54, 1.807) is 7.11 Å². The molecule has 0 bridgehead atoms. The summed E-state index contributed by atoms with van der Waals surface area (Å²) in [6.45, 7) is 0. The number of aromatic nitrogens is 2. The van der Waals surface area contributed by atoms with Gasteiger partial charge in [-0.15, -0.1) is 0 Å². The maximum absolute atomic E-state index is 12.0. The predicted octanol–water partition coefficient (Wildman–Crippen LogP) is 3.91. The van der Waals surface area contributed by atoms with Crippen LogP contribution in [0.3, 0.4) is 0 Å². The summed E-state index contributed by atoms with van der Waals surface area (Å²) in [5.41, 5.74) is 2.55. The van der Waals surface area contributed by atoms with Crippen molar-refractivity contribution in [3.05, 3.63) is 46.0 Å². The Morgan fingerprint density at radius 1 is 1.35 bits per heavy atom. The molecule has 2 aromatic carbocycles. The number of imidazole rings is 1. The van der Waals surface area contributed by atoms with Crippen LogP contribution in [0.5, 0.6) is 5.75 Å². The van der Waals surface area contributed by atoms with Crippen molar-refractivity contribution >= 4 is 57.0 Å². The lowest BCUT2D eigenvalue weighted by atomic mass is 10.3. The summed E-state index contributed by atoms with van der Waals surface area (Å²) >= 11 is 3.58. The van der Waals surface area contributed by atoms with Crippen LogP contribution < -0.4 is 10.1 Å². The van der Waals surface area contributed by atoms with Gasteiger partial charge in [-0.3, -0.25) is 4.79 Å². The molecule has 3 aromatic rings. The summed E-state index contributed by atoms with van der Waals surface area (Å²) in [4.78, 5) is 19.7. The van der Waals surface area contributed by atoms with Crippen LogP contribution in [-0.2, 0) is 4.79 Å². The highest BCUT2D eigenvalue weighted by atomic mass is 127. The molecule has 0 unspecified atom stereocenters. The number of nitrogens with one attached hydrogen (secondary N) is 2. The van der Waals surface area contributed by atoms with E-state index in [4.69, 9.17) is 4.74 Å². The molecular formula is C16H14IN3O2S. The molecule has 5 nitrogen and oxygen atoms in total. The van der Waals surface area contributed by atoms with Crippen LogP contribution in [0.2, 0.25) is 0 Å². The van der Waals surface area contributed by atoms with Crippen molar-refractivity contribution in [3.8, 4) is 5.75 Å². The van der Waals surface area contributed by atoms with E-state index in [1.165, 1.54) is 11.8 Å². The Labute approximate surface area is 151 Å². The molecule has 0 radical (unpaired) electrons. The number of anilines is 1. The normalized spacial score (nSPS) is 10.7. The smallest absolute Gasteiger partial charge is 0.234 e. The Morgan fingerprint density at radius 3 is 3.00 bits per heavy atom. The minimum atomic E-state index is -0.0602. The number of hydrogen-bond donors (Lipinski definition) is 2. The molecule has 7 heteroatoms. The monoisotopic (exact) mass is 439 g/mol. The Morgan fingerprint density at radius 2 is 2.22 bits per heavy atom. The number of amides is 1. The number of halogens is 1. The van der Waals surface area contributed by atoms with E-state index in [9.17, 15) is 4.79 Å². The van der Waals surface area contributed by atoms with Crippen molar-refractivity contribution in [2.45, 2.75) is 5.16 Å². The molecule has 118 valence electrons. The fraction of sp³-hybridized carbons (Fsp3) is 0.125. The van der Waals surface area contributed by atoms with Crippen LogP contribution in [0.1, 0.15) is 0 Å². The van der Waals surface area contributed by atoms with E-state index in [-0.39, 0.29) is 5.91 Å². The van der Waals surface area contributed by atoms with Crippen molar-refractivity contribution in [2.24, 2.45) is 0 Å². The fourth-order valence-electron chi connectivity index (χ4n) is 2.06. The van der Waals surface area contributed by atoms with Gasteiger partial charge >= 0.3 is 0 Å². The van der Waals surface area contributed by atoms with Gasteiger partial charge in [0.25, 0.3) is 0 Å². The van der Waals surface area contributed by atoms with Gasteiger partial charge in [-0.25, -0.2) is 4.98 Å². The largest absolute Gasteiger partial charge is 0.497 e. The molecule has 23 heavy (non-hydrogen) atoms. The first kappa shape index (κ1) is 16.1. The number of methoxy groups -OCH3 is 1. The maximum Gasteiger partial charge on any atom is 0.234 e. The molecule has 0 saturated heterocycles. The van der Waals surface area contributed by atoms with Gasteiger partial charge in [-0.1, -0.05) is 17.8 Å². The Bertz CT molecular complexity index is 850. The van der Waals surface area contributed by atoms with E-state index >= 15 is 0 Å². The zero-order chi connectivity index (χ0) is 16.2. The zero-order valence-corrected chi connectivity index (χ0v) is 15.3. The van der Waals surface area contributed by atoms with Crippen molar-refractivity contribution in [1.82, 2.24) is 9.97 Å². The van der Waals surface area contributed by atoms with Gasteiger partial charge < -0.3 is 15.0 Å². The lowest BCUT2D eigenvalue weighted by Gasteiger charge is -2.04. The molecule has 1 heterocycles. The highest BCUT2D eigenvalue weighted by molar-refractivity contribution is 14.1. The first-order valence-corrected chi connectivity index (χ1v) is 8.92. The molecular weight excluding hydrogens is 425 g/mol. The first-order chi connectivity index (χ1) is 11.1. The third-order valence-electron chi connectivity index (χ3n) is 3.12. The first-order valence-electron chi connectivity index (χ1n) is 6.86. The summed E-state index contributed by atoms with van der Waals surface area (Å²) in [5, 5.41) is 3.59. The quantitative estimate of drug-likeness (QED) is 0.468. The average Bonchev–Trinajstić information content (AvgIpc) is 2.94. The highest BCUT2D eigenvalue weighted by Gasteiger charge is 2.08. The lowest BCUT2D eigenvalue weighted by Crippen LogP contribution is -2.14. The topological polar surface area (TPSA) is 67.0 Å². The van der Waals surface area contributed by atoms with E-state index in [2.05, 4.69) is 37.9 Å². The lowest BCUT2D eigenvalue weighted by molar-refractivity contribution is -0.113. The Hall–Kier alpha value is -1.74. The number of rotatable bonds is 5. The van der Waals surface area contributed by atoms with E-state index in [0.29, 0.717) is 10.9 Å². The fourth-order valence-corrected chi connectivity index (χ4v) is 3.29. The third kappa shape index (κ3) is 4.17. The number of aromatic amines is 1. The van der Waals surface area contributed by atoms with Crippen LogP contribution in [0.15, 0.2) is 47.6 Å².